The minimum absolute atomic E-state index is 0.122. The Bertz CT molecular complexity index is 437. The van der Waals surface area contributed by atoms with Crippen LogP contribution in [-0.4, -0.2) is 43.9 Å². The molecule has 2 rings (SSSR count). The monoisotopic (exact) mass is 266 g/mol. The summed E-state index contributed by atoms with van der Waals surface area (Å²) in [5.74, 6) is 1.22. The quantitative estimate of drug-likeness (QED) is 0.648. The molecule has 1 aromatic rings. The van der Waals surface area contributed by atoms with Gasteiger partial charge in [-0.1, -0.05) is 0 Å². The molecule has 0 spiro atoms. The van der Waals surface area contributed by atoms with E-state index < -0.39 is 0 Å². The molecule has 1 aliphatic heterocycles. The van der Waals surface area contributed by atoms with E-state index in [9.17, 15) is 4.79 Å². The maximum absolute atomic E-state index is 11.6. The zero-order valence-corrected chi connectivity index (χ0v) is 10.6. The number of anilines is 1. The first-order valence-corrected chi connectivity index (χ1v) is 6.30. The Balaban J connectivity index is 1.83. The van der Waals surface area contributed by atoms with Gasteiger partial charge in [-0.25, -0.2) is 0 Å². The van der Waals surface area contributed by atoms with E-state index in [2.05, 4.69) is 10.6 Å². The number of hydrogen-bond acceptors (Lipinski definition) is 5. The summed E-state index contributed by atoms with van der Waals surface area (Å²) in [6, 6.07) is 5.31. The maximum Gasteiger partial charge on any atom is 0.238 e. The van der Waals surface area contributed by atoms with Gasteiger partial charge < -0.3 is 25.2 Å². The highest BCUT2D eigenvalue weighted by molar-refractivity contribution is 5.92. The first kappa shape index (κ1) is 13.6. The summed E-state index contributed by atoms with van der Waals surface area (Å²) in [6.07, 6.45) is 0.636. The molecule has 0 saturated carbocycles. The Morgan fingerprint density at radius 3 is 2.84 bits per heavy atom. The van der Waals surface area contributed by atoms with Crippen molar-refractivity contribution >= 4 is 11.6 Å². The van der Waals surface area contributed by atoms with Crippen LogP contribution < -0.4 is 20.1 Å². The number of fused-ring (bicyclic) bond motifs is 1. The van der Waals surface area contributed by atoms with Gasteiger partial charge in [0.2, 0.25) is 5.91 Å². The Morgan fingerprint density at radius 2 is 2.05 bits per heavy atom. The lowest BCUT2D eigenvalue weighted by atomic mass is 10.2. The predicted molar refractivity (Wildman–Crippen MR) is 70.6 cm³/mol. The third kappa shape index (κ3) is 4.11. The summed E-state index contributed by atoms with van der Waals surface area (Å²) in [5.41, 5.74) is 0.679. The molecule has 1 aromatic carbocycles. The molecule has 1 aliphatic rings. The van der Waals surface area contributed by atoms with Crippen LogP contribution in [0.3, 0.4) is 0 Å². The van der Waals surface area contributed by atoms with Crippen LogP contribution in [0.4, 0.5) is 5.69 Å². The van der Waals surface area contributed by atoms with Crippen molar-refractivity contribution < 1.29 is 19.4 Å². The number of benzene rings is 1. The summed E-state index contributed by atoms with van der Waals surface area (Å²) in [5, 5.41) is 14.3. The molecule has 0 aliphatic carbocycles. The minimum atomic E-state index is -0.130. The molecular weight excluding hydrogens is 248 g/mol. The molecule has 0 atom stereocenters. The lowest BCUT2D eigenvalue weighted by Gasteiger charge is -2.19. The highest BCUT2D eigenvalue weighted by atomic mass is 16.6. The van der Waals surface area contributed by atoms with E-state index in [1.807, 2.05) is 0 Å². The van der Waals surface area contributed by atoms with Crippen molar-refractivity contribution in [3.63, 3.8) is 0 Å². The lowest BCUT2D eigenvalue weighted by Crippen LogP contribution is -2.29. The van der Waals surface area contributed by atoms with Crippen molar-refractivity contribution in [2.24, 2.45) is 0 Å². The Hall–Kier alpha value is -1.79. The smallest absolute Gasteiger partial charge is 0.238 e. The number of amides is 1. The maximum atomic E-state index is 11.6. The van der Waals surface area contributed by atoms with Gasteiger partial charge in [0.1, 0.15) is 13.2 Å². The second-order valence-corrected chi connectivity index (χ2v) is 4.16. The van der Waals surface area contributed by atoms with Gasteiger partial charge in [0.05, 0.1) is 6.54 Å². The average Bonchev–Trinajstić information content (AvgIpc) is 2.43. The number of aliphatic hydroxyl groups is 1. The highest BCUT2D eigenvalue weighted by Crippen LogP contribution is 2.32. The molecule has 0 radical (unpaired) electrons. The van der Waals surface area contributed by atoms with Crippen molar-refractivity contribution in [2.45, 2.75) is 6.42 Å². The highest BCUT2D eigenvalue weighted by Gasteiger charge is 2.12. The second kappa shape index (κ2) is 6.96. The lowest BCUT2D eigenvalue weighted by molar-refractivity contribution is -0.115. The molecule has 0 fully saturated rings. The van der Waals surface area contributed by atoms with Gasteiger partial charge >= 0.3 is 0 Å². The molecule has 0 aromatic heterocycles. The molecule has 3 N–H and O–H groups in total. The van der Waals surface area contributed by atoms with E-state index in [1.54, 1.807) is 18.2 Å². The van der Waals surface area contributed by atoms with Crippen molar-refractivity contribution in [2.75, 3.05) is 38.2 Å². The van der Waals surface area contributed by atoms with E-state index in [-0.39, 0.29) is 19.1 Å². The van der Waals surface area contributed by atoms with Crippen LogP contribution in [0, 0.1) is 0 Å². The number of aliphatic hydroxyl groups excluding tert-OH is 1. The molecule has 6 nitrogen and oxygen atoms in total. The van der Waals surface area contributed by atoms with Gasteiger partial charge in [-0.2, -0.15) is 0 Å². The topological polar surface area (TPSA) is 79.8 Å². The van der Waals surface area contributed by atoms with Gasteiger partial charge in [-0.15, -0.1) is 0 Å². The number of nitrogens with one attached hydrogen (secondary N) is 2. The van der Waals surface area contributed by atoms with Gasteiger partial charge in [-0.05, 0) is 25.1 Å². The Morgan fingerprint density at radius 1 is 1.26 bits per heavy atom. The van der Waals surface area contributed by atoms with Crippen LogP contribution in [0.25, 0.3) is 0 Å². The molecule has 19 heavy (non-hydrogen) atoms. The fraction of sp³-hybridized carbons (Fsp3) is 0.462. The second-order valence-electron chi connectivity index (χ2n) is 4.16. The predicted octanol–water partition coefficient (Wildman–Crippen LogP) is 0.368. The van der Waals surface area contributed by atoms with Crippen molar-refractivity contribution in [1.29, 1.82) is 0 Å². The summed E-state index contributed by atoms with van der Waals surface area (Å²) >= 11 is 0. The van der Waals surface area contributed by atoms with E-state index in [0.717, 1.165) is 0 Å². The minimum Gasteiger partial charge on any atom is -0.486 e. The average molecular weight is 266 g/mol. The van der Waals surface area contributed by atoms with E-state index in [4.69, 9.17) is 14.6 Å². The summed E-state index contributed by atoms with van der Waals surface area (Å²) in [6.45, 7) is 2.02. The molecular formula is C13H18N2O4. The van der Waals surface area contributed by atoms with E-state index in [0.29, 0.717) is 43.4 Å². The van der Waals surface area contributed by atoms with Gasteiger partial charge in [0, 0.05) is 18.4 Å². The molecule has 0 bridgehead atoms. The zero-order chi connectivity index (χ0) is 13.5. The van der Waals surface area contributed by atoms with E-state index in [1.165, 1.54) is 0 Å². The Kier molecular flexibility index (Phi) is 5.00. The SMILES string of the molecule is O=C(CNCCCO)Nc1ccc2c(c1)OCCO2. The summed E-state index contributed by atoms with van der Waals surface area (Å²) < 4.78 is 10.8. The molecule has 6 heteroatoms. The van der Waals surface area contributed by atoms with Crippen LogP contribution >= 0.6 is 0 Å². The first-order chi connectivity index (χ1) is 9.29. The normalized spacial score (nSPS) is 13.1. The van der Waals surface area contributed by atoms with Crippen molar-refractivity contribution in [3.05, 3.63) is 18.2 Å². The van der Waals surface area contributed by atoms with Crippen LogP contribution in [0.15, 0.2) is 18.2 Å². The largest absolute Gasteiger partial charge is 0.486 e. The van der Waals surface area contributed by atoms with E-state index >= 15 is 0 Å². The summed E-state index contributed by atoms with van der Waals surface area (Å²) in [7, 11) is 0. The van der Waals surface area contributed by atoms with Gasteiger partial charge in [-0.3, -0.25) is 4.79 Å². The number of carbonyl (C=O) groups is 1. The first-order valence-electron chi connectivity index (χ1n) is 6.30. The standard InChI is InChI=1S/C13H18N2O4/c16-5-1-4-14-9-13(17)15-10-2-3-11-12(8-10)19-7-6-18-11/h2-3,8,14,16H,1,4-7,9H2,(H,15,17). The Labute approximate surface area is 111 Å². The third-order valence-electron chi connectivity index (χ3n) is 2.62. The molecule has 1 amide bonds. The van der Waals surface area contributed by atoms with Crippen LogP contribution in [0.2, 0.25) is 0 Å². The van der Waals surface area contributed by atoms with Crippen molar-refractivity contribution in [1.82, 2.24) is 5.32 Å². The summed E-state index contributed by atoms with van der Waals surface area (Å²) in [4.78, 5) is 11.6. The molecule has 0 unspecified atom stereocenters. The zero-order valence-electron chi connectivity index (χ0n) is 10.6. The van der Waals surface area contributed by atoms with Crippen LogP contribution in [-0.2, 0) is 4.79 Å². The number of rotatable bonds is 6. The van der Waals surface area contributed by atoms with Gasteiger partial charge in [0.25, 0.3) is 0 Å². The molecule has 1 heterocycles. The third-order valence-corrected chi connectivity index (χ3v) is 2.62. The number of hydrogen-bond donors (Lipinski definition) is 3. The number of ether oxygens (including phenoxy) is 2. The van der Waals surface area contributed by atoms with Crippen LogP contribution in [0.1, 0.15) is 6.42 Å². The fourth-order valence-corrected chi connectivity index (χ4v) is 1.73. The molecule has 0 saturated heterocycles. The number of carbonyl (C=O) groups excluding carboxylic acids is 1. The van der Waals surface area contributed by atoms with Gasteiger partial charge in [0.15, 0.2) is 11.5 Å². The van der Waals surface area contributed by atoms with Crippen LogP contribution in [0.5, 0.6) is 11.5 Å². The fourth-order valence-electron chi connectivity index (χ4n) is 1.73. The van der Waals surface area contributed by atoms with Crippen molar-refractivity contribution in [3.8, 4) is 11.5 Å². The molecule has 104 valence electrons.